The number of likely N-dealkylation sites (tertiary alicyclic amines) is 1. The topological polar surface area (TPSA) is 93.9 Å². The third-order valence-electron chi connectivity index (χ3n) is 4.76. The van der Waals surface area contributed by atoms with Gasteiger partial charge in [-0.2, -0.15) is 0 Å². The van der Waals surface area contributed by atoms with Crippen LogP contribution in [0.2, 0.25) is 0 Å². The normalized spacial score (nSPS) is 22.0. The monoisotopic (exact) mass is 383 g/mol. The maximum atomic E-state index is 12.6. The number of hydrogen-bond donors (Lipinski definition) is 2. The molecule has 1 aromatic carbocycles. The summed E-state index contributed by atoms with van der Waals surface area (Å²) in [6.45, 7) is 1.97. The van der Waals surface area contributed by atoms with Gasteiger partial charge in [-0.15, -0.1) is 12.4 Å². The highest BCUT2D eigenvalue weighted by molar-refractivity contribution is 5.99. The molecule has 2 aliphatic heterocycles. The Morgan fingerprint density at radius 2 is 2.04 bits per heavy atom. The second-order valence-electron chi connectivity index (χ2n) is 6.46. The van der Waals surface area contributed by atoms with Gasteiger partial charge in [0, 0.05) is 25.2 Å². The van der Waals surface area contributed by atoms with Crippen LogP contribution in [0.25, 0.3) is 0 Å². The lowest BCUT2D eigenvalue weighted by Gasteiger charge is -2.18. The van der Waals surface area contributed by atoms with Gasteiger partial charge in [-0.25, -0.2) is 0 Å². The van der Waals surface area contributed by atoms with E-state index in [9.17, 15) is 9.59 Å². The fourth-order valence-electron chi connectivity index (χ4n) is 3.33. The van der Waals surface area contributed by atoms with Crippen molar-refractivity contribution < 1.29 is 19.1 Å². The molecule has 1 aromatic rings. The number of ether oxygens (including phenoxy) is 2. The molecule has 26 heavy (non-hydrogen) atoms. The molecule has 144 valence electrons. The zero-order valence-corrected chi connectivity index (χ0v) is 15.7. The van der Waals surface area contributed by atoms with Crippen molar-refractivity contribution in [3.8, 4) is 5.75 Å². The maximum absolute atomic E-state index is 12.6. The van der Waals surface area contributed by atoms with Gasteiger partial charge < -0.3 is 25.4 Å². The lowest BCUT2D eigenvalue weighted by molar-refractivity contribution is -0.126. The van der Waals surface area contributed by atoms with Crippen LogP contribution < -0.4 is 15.8 Å². The lowest BCUT2D eigenvalue weighted by Crippen LogP contribution is -2.30. The molecule has 0 radical (unpaired) electrons. The first-order valence-corrected chi connectivity index (χ1v) is 8.76. The van der Waals surface area contributed by atoms with Crippen LogP contribution in [0.4, 0.5) is 5.69 Å². The standard InChI is InChI=1S/C18H25N3O4.ClH/c1-24-15-6-4-12(18(23)21-8-2-3-9-21)10-14(15)20-17(22)16-7-5-13(11-19)25-16;/h4,6,10,13,16H,2-3,5,7-9,11,19H2,1H3,(H,20,22);1H/t13-,16+;/m1./s1. The SMILES string of the molecule is COc1ccc(C(=O)N2CCCC2)cc1NC(=O)[C@@H]1CC[C@H](CN)O1.Cl. The second kappa shape index (κ2) is 9.21. The highest BCUT2D eigenvalue weighted by Gasteiger charge is 2.30. The predicted molar refractivity (Wildman–Crippen MR) is 101 cm³/mol. The van der Waals surface area contributed by atoms with E-state index in [4.69, 9.17) is 15.2 Å². The summed E-state index contributed by atoms with van der Waals surface area (Å²) in [4.78, 5) is 26.8. The number of carbonyl (C=O) groups is 2. The number of halogens is 1. The van der Waals surface area contributed by atoms with Crippen molar-refractivity contribution in [1.82, 2.24) is 4.90 Å². The molecule has 2 fully saturated rings. The molecule has 8 heteroatoms. The van der Waals surface area contributed by atoms with Gasteiger partial charge in [-0.1, -0.05) is 0 Å². The minimum atomic E-state index is -0.517. The Morgan fingerprint density at radius 3 is 2.65 bits per heavy atom. The highest BCUT2D eigenvalue weighted by Crippen LogP contribution is 2.28. The summed E-state index contributed by atoms with van der Waals surface area (Å²) in [6.07, 6.45) is 2.90. The number of carbonyl (C=O) groups excluding carboxylic acids is 2. The van der Waals surface area contributed by atoms with Crippen molar-refractivity contribution in [1.29, 1.82) is 0 Å². The molecule has 0 spiro atoms. The molecule has 0 unspecified atom stereocenters. The van der Waals surface area contributed by atoms with Crippen LogP contribution in [0.3, 0.4) is 0 Å². The van der Waals surface area contributed by atoms with Crippen LogP contribution >= 0.6 is 12.4 Å². The summed E-state index contributed by atoms with van der Waals surface area (Å²) in [5.74, 6) is 0.260. The number of nitrogens with two attached hydrogens (primary N) is 1. The molecule has 2 aliphatic rings. The summed E-state index contributed by atoms with van der Waals surface area (Å²) >= 11 is 0. The van der Waals surface area contributed by atoms with Crippen molar-refractivity contribution in [2.75, 3.05) is 32.1 Å². The molecule has 2 atom stereocenters. The summed E-state index contributed by atoms with van der Waals surface area (Å²) in [6, 6.07) is 5.11. The van der Waals surface area contributed by atoms with Gasteiger partial charge in [-0.05, 0) is 43.9 Å². The number of anilines is 1. The quantitative estimate of drug-likeness (QED) is 0.808. The Kier molecular flexibility index (Phi) is 7.25. The van der Waals surface area contributed by atoms with Crippen molar-refractivity contribution in [2.45, 2.75) is 37.9 Å². The van der Waals surface area contributed by atoms with Gasteiger partial charge in [0.15, 0.2) is 0 Å². The van der Waals surface area contributed by atoms with Crippen LogP contribution in [-0.4, -0.2) is 55.7 Å². The van der Waals surface area contributed by atoms with E-state index in [2.05, 4.69) is 5.32 Å². The Bertz CT molecular complexity index is 649. The molecule has 2 amide bonds. The van der Waals surface area contributed by atoms with Crippen molar-refractivity contribution in [3.05, 3.63) is 23.8 Å². The van der Waals surface area contributed by atoms with E-state index in [-0.39, 0.29) is 30.3 Å². The van der Waals surface area contributed by atoms with E-state index in [0.29, 0.717) is 30.0 Å². The molecule has 0 saturated carbocycles. The summed E-state index contributed by atoms with van der Waals surface area (Å²) < 4.78 is 10.9. The average Bonchev–Trinajstić information content (AvgIpc) is 3.32. The molecule has 2 heterocycles. The van der Waals surface area contributed by atoms with E-state index in [0.717, 1.165) is 32.4 Å². The molecule has 0 aromatic heterocycles. The van der Waals surface area contributed by atoms with Gasteiger partial charge in [0.05, 0.1) is 18.9 Å². The van der Waals surface area contributed by atoms with E-state index >= 15 is 0 Å². The number of rotatable bonds is 5. The molecular weight excluding hydrogens is 358 g/mol. The molecule has 7 nitrogen and oxygen atoms in total. The zero-order chi connectivity index (χ0) is 17.8. The largest absolute Gasteiger partial charge is 0.495 e. The van der Waals surface area contributed by atoms with Crippen LogP contribution in [0.15, 0.2) is 18.2 Å². The minimum Gasteiger partial charge on any atom is -0.495 e. The second-order valence-corrected chi connectivity index (χ2v) is 6.46. The van der Waals surface area contributed by atoms with E-state index in [1.165, 1.54) is 7.11 Å². The summed E-state index contributed by atoms with van der Waals surface area (Å²) in [7, 11) is 1.53. The van der Waals surface area contributed by atoms with E-state index < -0.39 is 6.10 Å². The number of methoxy groups -OCH3 is 1. The van der Waals surface area contributed by atoms with Gasteiger partial charge in [0.1, 0.15) is 11.9 Å². The zero-order valence-electron chi connectivity index (χ0n) is 14.9. The van der Waals surface area contributed by atoms with Gasteiger partial charge >= 0.3 is 0 Å². The highest BCUT2D eigenvalue weighted by atomic mass is 35.5. The average molecular weight is 384 g/mol. The molecule has 0 bridgehead atoms. The Balaban J connectivity index is 0.00000243. The van der Waals surface area contributed by atoms with Crippen LogP contribution in [0.5, 0.6) is 5.75 Å². The first-order valence-electron chi connectivity index (χ1n) is 8.76. The number of amides is 2. The van der Waals surface area contributed by atoms with E-state index in [1.54, 1.807) is 18.2 Å². The number of benzene rings is 1. The molecule has 0 aliphatic carbocycles. The van der Waals surface area contributed by atoms with Crippen LogP contribution in [-0.2, 0) is 9.53 Å². The Hall–Kier alpha value is -1.83. The van der Waals surface area contributed by atoms with Crippen molar-refractivity contribution in [2.24, 2.45) is 5.73 Å². The third kappa shape index (κ3) is 4.47. The van der Waals surface area contributed by atoms with Crippen LogP contribution in [0, 0.1) is 0 Å². The van der Waals surface area contributed by atoms with Gasteiger partial charge in [0.25, 0.3) is 11.8 Å². The summed E-state index contributed by atoms with van der Waals surface area (Å²) in [5.41, 5.74) is 6.62. The lowest BCUT2D eigenvalue weighted by atomic mass is 10.1. The maximum Gasteiger partial charge on any atom is 0.253 e. The van der Waals surface area contributed by atoms with Gasteiger partial charge in [-0.3, -0.25) is 9.59 Å². The molecule has 3 N–H and O–H groups in total. The first kappa shape index (κ1) is 20.5. The fourth-order valence-corrected chi connectivity index (χ4v) is 3.33. The Morgan fingerprint density at radius 1 is 1.31 bits per heavy atom. The fraction of sp³-hybridized carbons (Fsp3) is 0.556. The summed E-state index contributed by atoms with van der Waals surface area (Å²) in [5, 5.41) is 2.83. The molecule has 3 rings (SSSR count). The van der Waals surface area contributed by atoms with Crippen molar-refractivity contribution >= 4 is 29.9 Å². The van der Waals surface area contributed by atoms with Gasteiger partial charge in [0.2, 0.25) is 0 Å². The van der Waals surface area contributed by atoms with E-state index in [1.807, 2.05) is 4.90 Å². The molecule has 2 saturated heterocycles. The number of nitrogens with one attached hydrogen (secondary N) is 1. The van der Waals surface area contributed by atoms with Crippen molar-refractivity contribution in [3.63, 3.8) is 0 Å². The minimum absolute atomic E-state index is 0. The predicted octanol–water partition coefficient (Wildman–Crippen LogP) is 1.80. The molecular formula is C18H26ClN3O4. The first-order chi connectivity index (χ1) is 12.1. The van der Waals surface area contributed by atoms with Crippen LogP contribution in [0.1, 0.15) is 36.0 Å². The third-order valence-corrected chi connectivity index (χ3v) is 4.76. The smallest absolute Gasteiger partial charge is 0.253 e. The Labute approximate surface area is 159 Å². The number of hydrogen-bond acceptors (Lipinski definition) is 5. The number of nitrogens with zero attached hydrogens (tertiary/aromatic N) is 1.